The van der Waals surface area contributed by atoms with Gasteiger partial charge < -0.3 is 16.0 Å². The highest BCUT2D eigenvalue weighted by atomic mass is 35.5. The van der Waals surface area contributed by atoms with Gasteiger partial charge in [0, 0.05) is 45.0 Å². The number of hydrogen-bond acceptors (Lipinski definition) is 4. The van der Waals surface area contributed by atoms with E-state index in [4.69, 9.17) is 5.73 Å². The van der Waals surface area contributed by atoms with E-state index >= 15 is 0 Å². The zero-order chi connectivity index (χ0) is 18.4. The van der Waals surface area contributed by atoms with Crippen molar-refractivity contribution in [1.82, 2.24) is 15.1 Å². The number of benzene rings is 2. The number of anilines is 1. The molecule has 2 aromatic rings. The van der Waals surface area contributed by atoms with Crippen LogP contribution in [-0.4, -0.2) is 48.9 Å². The van der Waals surface area contributed by atoms with Crippen molar-refractivity contribution in [2.75, 3.05) is 39.0 Å². The number of nitrogens with zero attached hydrogens (tertiary/aromatic N) is 2. The highest BCUT2D eigenvalue weighted by Gasteiger charge is 2.13. The molecule has 0 aliphatic carbocycles. The summed E-state index contributed by atoms with van der Waals surface area (Å²) in [6.45, 7) is 6.08. The number of nitrogens with one attached hydrogen (secondary N) is 1. The minimum absolute atomic E-state index is 0. The molecule has 1 aliphatic heterocycles. The minimum atomic E-state index is 0. The van der Waals surface area contributed by atoms with Gasteiger partial charge in [0.05, 0.1) is 6.42 Å². The van der Waals surface area contributed by atoms with Crippen molar-refractivity contribution in [3.63, 3.8) is 0 Å². The van der Waals surface area contributed by atoms with Crippen molar-refractivity contribution in [3.05, 3.63) is 65.2 Å². The highest BCUT2D eigenvalue weighted by Crippen LogP contribution is 2.10. The van der Waals surface area contributed by atoms with Crippen LogP contribution >= 0.6 is 37.2 Å². The summed E-state index contributed by atoms with van der Waals surface area (Å²) in [6.07, 6.45) is 0.377. The molecule has 1 heterocycles. The molecule has 0 spiro atoms. The van der Waals surface area contributed by atoms with Crippen LogP contribution in [0.5, 0.6) is 0 Å². The first-order chi connectivity index (χ1) is 12.6. The van der Waals surface area contributed by atoms with Crippen LogP contribution in [0.3, 0.4) is 0 Å². The molecule has 1 fully saturated rings. The third-order valence-electron chi connectivity index (χ3n) is 4.86. The van der Waals surface area contributed by atoms with E-state index in [2.05, 4.69) is 46.4 Å². The fourth-order valence-corrected chi connectivity index (χ4v) is 3.11. The largest absolute Gasteiger partial charge is 0.399 e. The molecule has 1 aliphatic rings. The molecular formula is C21H31Cl3N4O. The van der Waals surface area contributed by atoms with E-state index in [0.717, 1.165) is 43.9 Å². The Morgan fingerprint density at radius 1 is 0.862 bits per heavy atom. The van der Waals surface area contributed by atoms with Crippen LogP contribution in [0.1, 0.15) is 16.7 Å². The molecule has 162 valence electrons. The zero-order valence-electron chi connectivity index (χ0n) is 16.7. The quantitative estimate of drug-likeness (QED) is 0.649. The second-order valence-electron chi connectivity index (χ2n) is 7.09. The van der Waals surface area contributed by atoms with Crippen LogP contribution < -0.4 is 11.1 Å². The van der Waals surface area contributed by atoms with E-state index in [-0.39, 0.29) is 43.1 Å². The van der Waals surface area contributed by atoms with Gasteiger partial charge in [0.15, 0.2) is 0 Å². The second-order valence-corrected chi connectivity index (χ2v) is 7.09. The first-order valence-corrected chi connectivity index (χ1v) is 9.18. The fraction of sp³-hybridized carbons (Fsp3) is 0.381. The normalized spacial score (nSPS) is 14.1. The van der Waals surface area contributed by atoms with E-state index in [9.17, 15) is 4.79 Å². The SMILES string of the molecule is CN1CCN(Cc2ccc(CNC(=O)Cc3ccc(N)cc3)cc2)CC1.Cl.Cl.Cl. The van der Waals surface area contributed by atoms with Gasteiger partial charge in [-0.3, -0.25) is 9.69 Å². The zero-order valence-corrected chi connectivity index (χ0v) is 19.1. The molecule has 0 aromatic heterocycles. The summed E-state index contributed by atoms with van der Waals surface area (Å²) >= 11 is 0. The van der Waals surface area contributed by atoms with Crippen LogP contribution in [-0.2, 0) is 24.3 Å². The summed E-state index contributed by atoms with van der Waals surface area (Å²) in [4.78, 5) is 16.9. The number of carbonyl (C=O) groups is 1. The van der Waals surface area contributed by atoms with Crippen molar-refractivity contribution < 1.29 is 4.79 Å². The molecule has 0 radical (unpaired) electrons. The summed E-state index contributed by atoms with van der Waals surface area (Å²) in [6, 6.07) is 16.0. The smallest absolute Gasteiger partial charge is 0.224 e. The molecule has 3 rings (SSSR count). The lowest BCUT2D eigenvalue weighted by atomic mass is 10.1. The first kappa shape index (κ1) is 27.5. The molecule has 8 heteroatoms. The topological polar surface area (TPSA) is 61.6 Å². The molecular weight excluding hydrogens is 431 g/mol. The van der Waals surface area contributed by atoms with Gasteiger partial charge in [-0.25, -0.2) is 0 Å². The molecule has 0 saturated carbocycles. The number of likely N-dealkylation sites (N-methyl/N-ethyl adjacent to an activating group) is 1. The molecule has 1 amide bonds. The summed E-state index contributed by atoms with van der Waals surface area (Å²) in [5, 5.41) is 2.98. The Kier molecular flexibility index (Phi) is 13.0. The molecule has 0 bridgehead atoms. The van der Waals surface area contributed by atoms with E-state index < -0.39 is 0 Å². The van der Waals surface area contributed by atoms with Crippen molar-refractivity contribution in [2.24, 2.45) is 0 Å². The number of piperazine rings is 1. The van der Waals surface area contributed by atoms with Crippen molar-refractivity contribution in [1.29, 1.82) is 0 Å². The maximum absolute atomic E-state index is 12.1. The molecule has 0 atom stereocenters. The summed E-state index contributed by atoms with van der Waals surface area (Å²) < 4.78 is 0. The lowest BCUT2D eigenvalue weighted by molar-refractivity contribution is -0.120. The van der Waals surface area contributed by atoms with Gasteiger partial charge >= 0.3 is 0 Å². The Morgan fingerprint density at radius 2 is 1.38 bits per heavy atom. The number of carbonyl (C=O) groups excluding carboxylic acids is 1. The van der Waals surface area contributed by atoms with Gasteiger partial charge in [-0.1, -0.05) is 36.4 Å². The van der Waals surface area contributed by atoms with Crippen LogP contribution in [0.4, 0.5) is 5.69 Å². The Bertz CT molecular complexity index is 718. The Balaban J connectivity index is 0.00000261. The Morgan fingerprint density at radius 3 is 1.97 bits per heavy atom. The molecule has 5 nitrogen and oxygen atoms in total. The first-order valence-electron chi connectivity index (χ1n) is 9.18. The van der Waals surface area contributed by atoms with Gasteiger partial charge in [-0.05, 0) is 35.9 Å². The van der Waals surface area contributed by atoms with Crippen LogP contribution in [0.25, 0.3) is 0 Å². The van der Waals surface area contributed by atoms with Gasteiger partial charge in [-0.2, -0.15) is 0 Å². The Hall–Kier alpha value is -1.50. The third-order valence-corrected chi connectivity index (χ3v) is 4.86. The van der Waals surface area contributed by atoms with E-state index in [1.54, 1.807) is 0 Å². The fourth-order valence-electron chi connectivity index (χ4n) is 3.11. The summed E-state index contributed by atoms with van der Waals surface area (Å²) in [5.74, 6) is 0.0243. The van der Waals surface area contributed by atoms with Gasteiger partial charge in [0.25, 0.3) is 0 Å². The molecule has 3 N–H and O–H groups in total. The number of rotatable bonds is 6. The van der Waals surface area contributed by atoms with Gasteiger partial charge in [0.1, 0.15) is 0 Å². The monoisotopic (exact) mass is 460 g/mol. The van der Waals surface area contributed by atoms with E-state index in [0.29, 0.717) is 18.7 Å². The standard InChI is InChI=1S/C21H28N4O.3ClH/c1-24-10-12-25(13-11-24)16-19-4-2-18(3-5-19)15-23-21(26)14-17-6-8-20(22)9-7-17;;;/h2-9H,10-16,22H2,1H3,(H,23,26);3*1H. The average molecular weight is 462 g/mol. The van der Waals surface area contributed by atoms with Crippen LogP contribution in [0.2, 0.25) is 0 Å². The maximum Gasteiger partial charge on any atom is 0.224 e. The lowest BCUT2D eigenvalue weighted by Crippen LogP contribution is -2.43. The predicted octanol–water partition coefficient (Wildman–Crippen LogP) is 3.14. The van der Waals surface area contributed by atoms with E-state index in [1.807, 2.05) is 24.3 Å². The number of hydrogen-bond donors (Lipinski definition) is 2. The van der Waals surface area contributed by atoms with E-state index in [1.165, 1.54) is 5.56 Å². The van der Waals surface area contributed by atoms with Crippen molar-refractivity contribution >= 4 is 48.8 Å². The third kappa shape index (κ3) is 9.24. The van der Waals surface area contributed by atoms with Gasteiger partial charge in [0.2, 0.25) is 5.91 Å². The van der Waals surface area contributed by atoms with Crippen LogP contribution in [0, 0.1) is 0 Å². The molecule has 1 saturated heterocycles. The molecule has 0 unspecified atom stereocenters. The molecule has 2 aromatic carbocycles. The predicted molar refractivity (Wildman–Crippen MR) is 127 cm³/mol. The van der Waals surface area contributed by atoms with Crippen molar-refractivity contribution in [3.8, 4) is 0 Å². The average Bonchev–Trinajstić information content (AvgIpc) is 2.65. The molecule has 29 heavy (non-hydrogen) atoms. The Labute approximate surface area is 192 Å². The number of nitrogen functional groups attached to an aromatic ring is 1. The number of halogens is 3. The van der Waals surface area contributed by atoms with Crippen LogP contribution in [0.15, 0.2) is 48.5 Å². The lowest BCUT2D eigenvalue weighted by Gasteiger charge is -2.32. The number of amides is 1. The highest BCUT2D eigenvalue weighted by molar-refractivity contribution is 5.86. The summed E-state index contributed by atoms with van der Waals surface area (Å²) in [7, 11) is 2.17. The number of nitrogens with two attached hydrogens (primary N) is 1. The minimum Gasteiger partial charge on any atom is -0.399 e. The van der Waals surface area contributed by atoms with Crippen molar-refractivity contribution in [2.45, 2.75) is 19.5 Å². The van der Waals surface area contributed by atoms with Gasteiger partial charge in [-0.15, -0.1) is 37.2 Å². The second kappa shape index (κ2) is 13.7. The summed E-state index contributed by atoms with van der Waals surface area (Å²) in [5.41, 5.74) is 9.80. The maximum atomic E-state index is 12.1.